The van der Waals surface area contributed by atoms with Gasteiger partial charge in [0.15, 0.2) is 0 Å². The number of nitrogens with one attached hydrogen (secondary N) is 1. The van der Waals surface area contributed by atoms with Crippen LogP contribution in [0.25, 0.3) is 0 Å². The highest BCUT2D eigenvalue weighted by Gasteiger charge is 2.12. The van der Waals surface area contributed by atoms with Crippen molar-refractivity contribution in [2.45, 2.75) is 6.61 Å². The Morgan fingerprint density at radius 3 is 2.88 bits per heavy atom. The first-order valence-electron chi connectivity index (χ1n) is 5.10. The summed E-state index contributed by atoms with van der Waals surface area (Å²) < 4.78 is 5.71. The molecule has 1 heterocycles. The fourth-order valence-electron chi connectivity index (χ4n) is 1.79. The first kappa shape index (κ1) is 9.55. The minimum Gasteiger partial charge on any atom is -0.487 e. The summed E-state index contributed by atoms with van der Waals surface area (Å²) in [7, 11) is 0. The van der Waals surface area contributed by atoms with Crippen LogP contribution in [-0.4, -0.2) is 0 Å². The van der Waals surface area contributed by atoms with E-state index in [1.54, 1.807) is 0 Å². The van der Waals surface area contributed by atoms with Crippen LogP contribution in [0.2, 0.25) is 5.02 Å². The topological polar surface area (TPSA) is 21.3 Å². The normalized spacial score (nSPS) is 12.8. The van der Waals surface area contributed by atoms with Gasteiger partial charge < -0.3 is 10.1 Å². The molecule has 2 aromatic rings. The SMILES string of the molecule is Clc1ccc2c(c1)OCc1ccccc1N2. The van der Waals surface area contributed by atoms with Gasteiger partial charge in [-0.2, -0.15) is 0 Å². The lowest BCUT2D eigenvalue weighted by Crippen LogP contribution is -1.93. The Kier molecular flexibility index (Phi) is 2.22. The van der Waals surface area contributed by atoms with Crippen molar-refractivity contribution >= 4 is 23.0 Å². The molecule has 16 heavy (non-hydrogen) atoms. The van der Waals surface area contributed by atoms with E-state index in [0.29, 0.717) is 11.6 Å². The predicted molar refractivity (Wildman–Crippen MR) is 65.5 cm³/mol. The maximum Gasteiger partial charge on any atom is 0.144 e. The third-order valence-corrected chi connectivity index (χ3v) is 2.85. The Balaban J connectivity index is 2.08. The Labute approximate surface area is 98.8 Å². The number of benzene rings is 2. The van der Waals surface area contributed by atoms with E-state index in [9.17, 15) is 0 Å². The minimum atomic E-state index is 0.566. The van der Waals surface area contributed by atoms with E-state index in [1.807, 2.05) is 36.4 Å². The van der Waals surface area contributed by atoms with Gasteiger partial charge in [0.05, 0.1) is 5.69 Å². The first-order valence-corrected chi connectivity index (χ1v) is 5.48. The van der Waals surface area contributed by atoms with Crippen LogP contribution in [0.5, 0.6) is 5.75 Å². The van der Waals surface area contributed by atoms with Gasteiger partial charge in [0.25, 0.3) is 0 Å². The fraction of sp³-hybridized carbons (Fsp3) is 0.0769. The third kappa shape index (κ3) is 1.61. The standard InChI is InChI=1S/C13H10ClNO/c14-10-5-6-12-13(7-10)16-8-9-3-1-2-4-11(9)15-12/h1-7,15H,8H2. The second kappa shape index (κ2) is 3.72. The molecule has 2 aromatic carbocycles. The fourth-order valence-corrected chi connectivity index (χ4v) is 1.95. The molecule has 1 aliphatic heterocycles. The van der Waals surface area contributed by atoms with Gasteiger partial charge in [-0.25, -0.2) is 0 Å². The number of halogens is 1. The quantitative estimate of drug-likeness (QED) is 0.741. The maximum atomic E-state index is 5.93. The smallest absolute Gasteiger partial charge is 0.144 e. The lowest BCUT2D eigenvalue weighted by molar-refractivity contribution is 0.311. The van der Waals surface area contributed by atoms with Gasteiger partial charge in [-0.15, -0.1) is 0 Å². The number of anilines is 2. The molecule has 0 saturated carbocycles. The lowest BCUT2D eigenvalue weighted by Gasteiger charge is -2.07. The molecule has 0 amide bonds. The summed E-state index contributed by atoms with van der Waals surface area (Å²) in [5.41, 5.74) is 3.19. The van der Waals surface area contributed by atoms with E-state index in [2.05, 4.69) is 11.4 Å². The van der Waals surface area contributed by atoms with Crippen molar-refractivity contribution in [2.24, 2.45) is 0 Å². The highest BCUT2D eigenvalue weighted by atomic mass is 35.5. The van der Waals surface area contributed by atoms with E-state index in [-0.39, 0.29) is 0 Å². The van der Waals surface area contributed by atoms with Crippen molar-refractivity contribution in [3.8, 4) is 5.75 Å². The van der Waals surface area contributed by atoms with Crippen LogP contribution < -0.4 is 10.1 Å². The van der Waals surface area contributed by atoms with Gasteiger partial charge in [-0.1, -0.05) is 29.8 Å². The molecule has 1 aliphatic rings. The summed E-state index contributed by atoms with van der Waals surface area (Å²) >= 11 is 5.93. The largest absolute Gasteiger partial charge is 0.487 e. The van der Waals surface area contributed by atoms with Gasteiger partial charge in [-0.3, -0.25) is 0 Å². The van der Waals surface area contributed by atoms with Crippen molar-refractivity contribution in [2.75, 3.05) is 5.32 Å². The Bertz CT molecular complexity index is 539. The number of ether oxygens (including phenoxy) is 1. The first-order chi connectivity index (χ1) is 7.83. The Morgan fingerprint density at radius 2 is 1.94 bits per heavy atom. The number of hydrogen-bond donors (Lipinski definition) is 1. The minimum absolute atomic E-state index is 0.566. The molecule has 3 rings (SSSR count). The number of fused-ring (bicyclic) bond motifs is 2. The highest BCUT2D eigenvalue weighted by molar-refractivity contribution is 6.30. The van der Waals surface area contributed by atoms with E-state index >= 15 is 0 Å². The van der Waals surface area contributed by atoms with Crippen LogP contribution in [0.4, 0.5) is 11.4 Å². The van der Waals surface area contributed by atoms with Crippen molar-refractivity contribution in [3.05, 3.63) is 53.1 Å². The van der Waals surface area contributed by atoms with Crippen molar-refractivity contribution in [3.63, 3.8) is 0 Å². The maximum absolute atomic E-state index is 5.93. The average molecular weight is 232 g/mol. The number of rotatable bonds is 0. The van der Waals surface area contributed by atoms with Crippen LogP contribution >= 0.6 is 11.6 Å². The summed E-state index contributed by atoms with van der Waals surface area (Å²) in [4.78, 5) is 0. The summed E-state index contributed by atoms with van der Waals surface area (Å²) in [6.45, 7) is 0.566. The molecule has 0 fully saturated rings. The molecule has 0 aliphatic carbocycles. The van der Waals surface area contributed by atoms with Gasteiger partial charge in [0.2, 0.25) is 0 Å². The van der Waals surface area contributed by atoms with Gasteiger partial charge in [0.1, 0.15) is 12.4 Å². The van der Waals surface area contributed by atoms with E-state index in [0.717, 1.165) is 22.7 Å². The number of para-hydroxylation sites is 1. The Hall–Kier alpha value is -1.67. The van der Waals surface area contributed by atoms with Gasteiger partial charge >= 0.3 is 0 Å². The van der Waals surface area contributed by atoms with Gasteiger partial charge in [-0.05, 0) is 18.2 Å². The molecule has 0 spiro atoms. The van der Waals surface area contributed by atoms with E-state index in [4.69, 9.17) is 16.3 Å². The summed E-state index contributed by atoms with van der Waals surface area (Å²) in [5, 5.41) is 4.03. The average Bonchev–Trinajstić information content (AvgIpc) is 2.48. The number of hydrogen-bond acceptors (Lipinski definition) is 2. The molecular formula is C13H10ClNO. The van der Waals surface area contributed by atoms with Crippen molar-refractivity contribution in [1.82, 2.24) is 0 Å². The predicted octanol–water partition coefficient (Wildman–Crippen LogP) is 3.98. The summed E-state index contributed by atoms with van der Waals surface area (Å²) in [6.07, 6.45) is 0. The van der Waals surface area contributed by atoms with Crippen LogP contribution in [0.3, 0.4) is 0 Å². The monoisotopic (exact) mass is 231 g/mol. The molecule has 80 valence electrons. The third-order valence-electron chi connectivity index (χ3n) is 2.61. The molecule has 0 bridgehead atoms. The summed E-state index contributed by atoms with van der Waals surface area (Å²) in [5.74, 6) is 0.795. The van der Waals surface area contributed by atoms with Crippen LogP contribution in [0, 0.1) is 0 Å². The second-order valence-electron chi connectivity index (χ2n) is 3.71. The Morgan fingerprint density at radius 1 is 1.06 bits per heavy atom. The van der Waals surface area contributed by atoms with Crippen LogP contribution in [0.1, 0.15) is 5.56 Å². The molecule has 0 aromatic heterocycles. The zero-order valence-corrected chi connectivity index (χ0v) is 9.29. The second-order valence-corrected chi connectivity index (χ2v) is 4.15. The molecular weight excluding hydrogens is 222 g/mol. The molecule has 2 nitrogen and oxygen atoms in total. The van der Waals surface area contributed by atoms with Crippen LogP contribution in [0.15, 0.2) is 42.5 Å². The van der Waals surface area contributed by atoms with Gasteiger partial charge in [0, 0.05) is 22.3 Å². The summed E-state index contributed by atoms with van der Waals surface area (Å²) in [6, 6.07) is 13.7. The zero-order chi connectivity index (χ0) is 11.0. The molecule has 0 atom stereocenters. The zero-order valence-electron chi connectivity index (χ0n) is 8.53. The lowest BCUT2D eigenvalue weighted by atomic mass is 10.2. The van der Waals surface area contributed by atoms with E-state index in [1.165, 1.54) is 0 Å². The van der Waals surface area contributed by atoms with Crippen molar-refractivity contribution in [1.29, 1.82) is 0 Å². The van der Waals surface area contributed by atoms with Crippen molar-refractivity contribution < 1.29 is 4.74 Å². The van der Waals surface area contributed by atoms with Crippen LogP contribution in [-0.2, 0) is 6.61 Å². The molecule has 1 N–H and O–H groups in total. The highest BCUT2D eigenvalue weighted by Crippen LogP contribution is 2.35. The molecule has 0 saturated heterocycles. The molecule has 0 unspecified atom stereocenters. The molecule has 3 heteroatoms. The van der Waals surface area contributed by atoms with E-state index < -0.39 is 0 Å². The molecule has 0 radical (unpaired) electrons.